The number of rotatable bonds is 12. The van der Waals surface area contributed by atoms with Crippen LogP contribution < -0.4 is 9.47 Å². The zero-order valence-electron chi connectivity index (χ0n) is 17.4. The quantitative estimate of drug-likeness (QED) is 0.216. The Morgan fingerprint density at radius 3 is 1.79 bits per heavy atom. The van der Waals surface area contributed by atoms with E-state index in [0.29, 0.717) is 11.5 Å². The number of ether oxygens (including phenoxy) is 2. The highest BCUT2D eigenvalue weighted by molar-refractivity contribution is 5.68. The molecule has 2 rings (SSSR count). The fourth-order valence-corrected chi connectivity index (χ4v) is 3.36. The fourth-order valence-electron chi connectivity index (χ4n) is 3.36. The predicted octanol–water partition coefficient (Wildman–Crippen LogP) is 7.51. The standard InChI is InChI=1S/C25H34O3/c1-3-5-6-7-8-9-10-11-17-22-18-13-15-20-24(22)28-25(26)27-23-19-14-12-16-21(23)4-2/h12-16,18-20H,3-11,17H2,1-2H3. The van der Waals surface area contributed by atoms with E-state index in [1.54, 1.807) is 6.07 Å². The van der Waals surface area contributed by atoms with Crippen LogP contribution in [0.25, 0.3) is 0 Å². The van der Waals surface area contributed by atoms with Gasteiger partial charge in [-0.2, -0.15) is 0 Å². The lowest BCUT2D eigenvalue weighted by molar-refractivity contribution is 0.151. The minimum absolute atomic E-state index is 0.565. The molecule has 0 unspecified atom stereocenters. The Morgan fingerprint density at radius 2 is 1.18 bits per heavy atom. The topological polar surface area (TPSA) is 35.5 Å². The van der Waals surface area contributed by atoms with Crippen molar-refractivity contribution in [1.29, 1.82) is 0 Å². The van der Waals surface area contributed by atoms with E-state index in [-0.39, 0.29) is 0 Å². The van der Waals surface area contributed by atoms with Crippen molar-refractivity contribution in [2.24, 2.45) is 0 Å². The summed E-state index contributed by atoms with van der Waals surface area (Å²) >= 11 is 0. The van der Waals surface area contributed by atoms with Gasteiger partial charge in [0.1, 0.15) is 11.5 Å². The number of aryl methyl sites for hydroxylation is 2. The van der Waals surface area contributed by atoms with Gasteiger partial charge in [-0.3, -0.25) is 0 Å². The molecular formula is C25H34O3. The molecule has 2 aromatic rings. The Morgan fingerprint density at radius 1 is 0.679 bits per heavy atom. The molecule has 3 heteroatoms. The number of hydrogen-bond acceptors (Lipinski definition) is 3. The van der Waals surface area contributed by atoms with Crippen LogP contribution in [0.15, 0.2) is 48.5 Å². The number of hydrogen-bond donors (Lipinski definition) is 0. The Kier molecular flexibility index (Phi) is 10.2. The summed E-state index contributed by atoms with van der Waals surface area (Å²) in [7, 11) is 0. The van der Waals surface area contributed by atoms with Crippen molar-refractivity contribution in [2.75, 3.05) is 0 Å². The van der Waals surface area contributed by atoms with Crippen LogP contribution in [0.4, 0.5) is 4.79 Å². The highest BCUT2D eigenvalue weighted by Gasteiger charge is 2.13. The van der Waals surface area contributed by atoms with E-state index in [4.69, 9.17) is 9.47 Å². The molecule has 0 fully saturated rings. The lowest BCUT2D eigenvalue weighted by Crippen LogP contribution is -2.15. The summed E-state index contributed by atoms with van der Waals surface area (Å²) in [5.74, 6) is 1.17. The second kappa shape index (κ2) is 13.0. The zero-order valence-corrected chi connectivity index (χ0v) is 17.4. The molecule has 0 saturated heterocycles. The Balaban J connectivity index is 1.80. The van der Waals surface area contributed by atoms with E-state index in [0.717, 1.165) is 30.4 Å². The number of para-hydroxylation sites is 2. The molecule has 0 saturated carbocycles. The SMILES string of the molecule is CCCCCCCCCCc1ccccc1OC(=O)Oc1ccccc1CC. The third-order valence-electron chi connectivity index (χ3n) is 5.01. The molecule has 0 spiro atoms. The first-order chi connectivity index (χ1) is 13.7. The van der Waals surface area contributed by atoms with Gasteiger partial charge in [0.15, 0.2) is 0 Å². The zero-order chi connectivity index (χ0) is 20.0. The van der Waals surface area contributed by atoms with Gasteiger partial charge in [-0.15, -0.1) is 0 Å². The molecule has 0 amide bonds. The van der Waals surface area contributed by atoms with Crippen molar-refractivity contribution < 1.29 is 14.3 Å². The van der Waals surface area contributed by atoms with Crippen LogP contribution in [0.5, 0.6) is 11.5 Å². The molecule has 152 valence electrons. The molecule has 2 aromatic carbocycles. The highest BCUT2D eigenvalue weighted by Crippen LogP contribution is 2.23. The van der Waals surface area contributed by atoms with Crippen molar-refractivity contribution in [3.05, 3.63) is 59.7 Å². The van der Waals surface area contributed by atoms with Gasteiger partial charge in [0.25, 0.3) is 0 Å². The molecule has 0 bridgehead atoms. The Bertz CT molecular complexity index is 708. The third kappa shape index (κ3) is 7.75. The molecule has 0 atom stereocenters. The molecule has 0 aliphatic carbocycles. The number of carbonyl (C=O) groups is 1. The first-order valence-corrected chi connectivity index (χ1v) is 10.8. The smallest absolute Gasteiger partial charge is 0.394 e. The number of unbranched alkanes of at least 4 members (excludes halogenated alkanes) is 7. The summed E-state index contributed by atoms with van der Waals surface area (Å²) in [5, 5.41) is 0. The lowest BCUT2D eigenvalue weighted by atomic mass is 10.0. The Labute approximate surface area is 170 Å². The van der Waals surface area contributed by atoms with Gasteiger partial charge < -0.3 is 9.47 Å². The molecule has 0 aliphatic heterocycles. The van der Waals surface area contributed by atoms with Crippen LogP contribution in [0.2, 0.25) is 0 Å². The number of carbonyl (C=O) groups excluding carboxylic acids is 1. The van der Waals surface area contributed by atoms with Gasteiger partial charge in [0.2, 0.25) is 0 Å². The summed E-state index contributed by atoms with van der Waals surface area (Å²) in [5.41, 5.74) is 2.06. The van der Waals surface area contributed by atoms with E-state index in [2.05, 4.69) is 6.92 Å². The summed E-state index contributed by atoms with van der Waals surface area (Å²) in [4.78, 5) is 12.3. The maximum absolute atomic E-state index is 12.3. The second-order valence-corrected chi connectivity index (χ2v) is 7.25. The van der Waals surface area contributed by atoms with Crippen LogP contribution in [0.1, 0.15) is 76.3 Å². The first kappa shape index (κ1) is 22.0. The van der Waals surface area contributed by atoms with Crippen molar-refractivity contribution in [3.63, 3.8) is 0 Å². The highest BCUT2D eigenvalue weighted by atomic mass is 16.7. The van der Waals surface area contributed by atoms with Gasteiger partial charge in [-0.25, -0.2) is 4.79 Å². The van der Waals surface area contributed by atoms with Crippen molar-refractivity contribution in [2.45, 2.75) is 78.1 Å². The van der Waals surface area contributed by atoms with Crippen LogP contribution in [-0.2, 0) is 12.8 Å². The van der Waals surface area contributed by atoms with Crippen LogP contribution >= 0.6 is 0 Å². The van der Waals surface area contributed by atoms with E-state index in [9.17, 15) is 4.79 Å². The summed E-state index contributed by atoms with van der Waals surface area (Å²) < 4.78 is 10.9. The van der Waals surface area contributed by atoms with Crippen LogP contribution in [0.3, 0.4) is 0 Å². The predicted molar refractivity (Wildman–Crippen MR) is 115 cm³/mol. The Hall–Kier alpha value is -2.29. The van der Waals surface area contributed by atoms with E-state index in [1.165, 1.54) is 44.9 Å². The first-order valence-electron chi connectivity index (χ1n) is 10.8. The van der Waals surface area contributed by atoms with Crippen molar-refractivity contribution in [1.82, 2.24) is 0 Å². The maximum atomic E-state index is 12.3. The van der Waals surface area contributed by atoms with Crippen molar-refractivity contribution in [3.8, 4) is 11.5 Å². The normalized spacial score (nSPS) is 10.6. The molecule has 3 nitrogen and oxygen atoms in total. The maximum Gasteiger partial charge on any atom is 0.519 e. The minimum Gasteiger partial charge on any atom is -0.394 e. The van der Waals surface area contributed by atoms with Gasteiger partial charge in [-0.05, 0) is 42.5 Å². The van der Waals surface area contributed by atoms with Gasteiger partial charge in [0, 0.05) is 0 Å². The average molecular weight is 383 g/mol. The number of benzene rings is 2. The lowest BCUT2D eigenvalue weighted by Gasteiger charge is -2.11. The molecular weight excluding hydrogens is 348 g/mol. The monoisotopic (exact) mass is 382 g/mol. The second-order valence-electron chi connectivity index (χ2n) is 7.25. The molecule has 0 radical (unpaired) electrons. The molecule has 0 aliphatic rings. The van der Waals surface area contributed by atoms with Gasteiger partial charge in [0.05, 0.1) is 0 Å². The molecule has 0 N–H and O–H groups in total. The van der Waals surface area contributed by atoms with Gasteiger partial charge >= 0.3 is 6.16 Å². The van der Waals surface area contributed by atoms with Gasteiger partial charge in [-0.1, -0.05) is 95.2 Å². The summed E-state index contributed by atoms with van der Waals surface area (Å²) in [6.07, 6.45) is 11.3. The average Bonchev–Trinajstić information content (AvgIpc) is 2.71. The van der Waals surface area contributed by atoms with Crippen molar-refractivity contribution >= 4 is 6.16 Å². The fraction of sp³-hybridized carbons (Fsp3) is 0.480. The molecule has 0 aromatic heterocycles. The van der Waals surface area contributed by atoms with E-state index >= 15 is 0 Å². The largest absolute Gasteiger partial charge is 0.519 e. The van der Waals surface area contributed by atoms with Crippen LogP contribution in [-0.4, -0.2) is 6.16 Å². The summed E-state index contributed by atoms with van der Waals surface area (Å²) in [6, 6.07) is 15.3. The summed E-state index contributed by atoms with van der Waals surface area (Å²) in [6.45, 7) is 4.28. The third-order valence-corrected chi connectivity index (χ3v) is 5.01. The minimum atomic E-state index is -0.677. The van der Waals surface area contributed by atoms with E-state index < -0.39 is 6.16 Å². The van der Waals surface area contributed by atoms with E-state index in [1.807, 2.05) is 49.4 Å². The molecule has 28 heavy (non-hydrogen) atoms. The van der Waals surface area contributed by atoms with Crippen LogP contribution in [0, 0.1) is 0 Å². The molecule has 0 heterocycles.